The summed E-state index contributed by atoms with van der Waals surface area (Å²) >= 11 is 0. The molecule has 0 radical (unpaired) electrons. The molecule has 4 rings (SSSR count). The molecule has 2 aromatic rings. The maximum atomic E-state index is 14.0. The summed E-state index contributed by atoms with van der Waals surface area (Å²) in [6, 6.07) is 14.5. The molecule has 2 heterocycles. The minimum absolute atomic E-state index is 0.0888. The number of rotatable bonds is 4. The van der Waals surface area contributed by atoms with E-state index in [4.69, 9.17) is 0 Å². The molecule has 0 aromatic heterocycles. The standard InChI is InChI=1S/C21H22FN3O4S/c22-18-8-4-5-9-19(18)30(28,29)24-12-10-23(11-13-24)21(27)16-14-20(26)25(15-16)17-6-2-1-3-7-17/h1-9,16H,10-15H2. The molecule has 7 nitrogen and oxygen atoms in total. The van der Waals surface area contributed by atoms with E-state index in [2.05, 4.69) is 0 Å². The van der Waals surface area contributed by atoms with E-state index < -0.39 is 21.8 Å². The summed E-state index contributed by atoms with van der Waals surface area (Å²) in [6.07, 6.45) is 0.140. The van der Waals surface area contributed by atoms with Crippen molar-refractivity contribution >= 4 is 27.5 Å². The molecule has 2 aliphatic rings. The molecule has 2 amide bonds. The van der Waals surface area contributed by atoms with E-state index in [-0.39, 0.29) is 49.3 Å². The second-order valence-electron chi connectivity index (χ2n) is 7.40. The van der Waals surface area contributed by atoms with Gasteiger partial charge in [-0.3, -0.25) is 9.59 Å². The Bertz CT molecular complexity index is 1050. The van der Waals surface area contributed by atoms with Crippen LogP contribution in [0, 0.1) is 11.7 Å². The third kappa shape index (κ3) is 3.82. The lowest BCUT2D eigenvalue weighted by atomic mass is 10.1. The van der Waals surface area contributed by atoms with E-state index in [9.17, 15) is 22.4 Å². The third-order valence-corrected chi connectivity index (χ3v) is 7.48. The maximum absolute atomic E-state index is 14.0. The van der Waals surface area contributed by atoms with E-state index in [1.165, 1.54) is 22.5 Å². The van der Waals surface area contributed by atoms with Crippen molar-refractivity contribution in [2.45, 2.75) is 11.3 Å². The molecule has 0 saturated carbocycles. The molecule has 2 aliphatic heterocycles. The van der Waals surface area contributed by atoms with Gasteiger partial charge < -0.3 is 9.80 Å². The number of carbonyl (C=O) groups is 2. The molecular weight excluding hydrogens is 409 g/mol. The molecule has 2 fully saturated rings. The highest BCUT2D eigenvalue weighted by Gasteiger charge is 2.39. The Balaban J connectivity index is 1.39. The average molecular weight is 431 g/mol. The zero-order chi connectivity index (χ0) is 21.3. The van der Waals surface area contributed by atoms with Gasteiger partial charge in [0.2, 0.25) is 21.8 Å². The molecule has 2 saturated heterocycles. The van der Waals surface area contributed by atoms with Gasteiger partial charge in [0.05, 0.1) is 5.92 Å². The van der Waals surface area contributed by atoms with Crippen LogP contribution in [-0.2, 0) is 19.6 Å². The SMILES string of the molecule is O=C(C1CC(=O)N(c2ccccc2)C1)N1CCN(S(=O)(=O)c2ccccc2F)CC1. The van der Waals surface area contributed by atoms with Crippen LogP contribution in [0.5, 0.6) is 0 Å². The van der Waals surface area contributed by atoms with Crippen molar-refractivity contribution in [2.75, 3.05) is 37.6 Å². The van der Waals surface area contributed by atoms with Crippen LogP contribution in [0.1, 0.15) is 6.42 Å². The predicted octanol–water partition coefficient (Wildman–Crippen LogP) is 1.71. The molecule has 30 heavy (non-hydrogen) atoms. The van der Waals surface area contributed by atoms with Gasteiger partial charge in [-0.25, -0.2) is 12.8 Å². The Hall–Kier alpha value is -2.78. The van der Waals surface area contributed by atoms with E-state index >= 15 is 0 Å². The lowest BCUT2D eigenvalue weighted by Gasteiger charge is -2.35. The number of sulfonamides is 1. The Kier molecular flexibility index (Phi) is 5.57. The van der Waals surface area contributed by atoms with Crippen molar-refractivity contribution < 1.29 is 22.4 Å². The monoisotopic (exact) mass is 431 g/mol. The Labute approximate surface area is 174 Å². The number of para-hydroxylation sites is 1. The van der Waals surface area contributed by atoms with Gasteiger partial charge in [-0.2, -0.15) is 4.31 Å². The van der Waals surface area contributed by atoms with Crippen LogP contribution in [0.3, 0.4) is 0 Å². The molecule has 9 heteroatoms. The first-order valence-electron chi connectivity index (χ1n) is 9.77. The Morgan fingerprint density at radius 1 is 0.933 bits per heavy atom. The fourth-order valence-corrected chi connectivity index (χ4v) is 5.42. The number of piperazine rings is 1. The minimum Gasteiger partial charge on any atom is -0.340 e. The summed E-state index contributed by atoms with van der Waals surface area (Å²) in [5, 5.41) is 0. The summed E-state index contributed by atoms with van der Waals surface area (Å²) in [4.78, 5) is 28.2. The van der Waals surface area contributed by atoms with Crippen molar-refractivity contribution in [3.05, 3.63) is 60.4 Å². The molecule has 0 N–H and O–H groups in total. The molecule has 1 atom stereocenters. The van der Waals surface area contributed by atoms with Crippen LogP contribution in [-0.4, -0.2) is 62.2 Å². The van der Waals surface area contributed by atoms with Crippen LogP contribution in [0.25, 0.3) is 0 Å². The number of anilines is 1. The van der Waals surface area contributed by atoms with Crippen LogP contribution >= 0.6 is 0 Å². The number of hydrogen-bond donors (Lipinski definition) is 0. The summed E-state index contributed by atoms with van der Waals surface area (Å²) < 4.78 is 40.6. The number of halogens is 1. The molecule has 0 aliphatic carbocycles. The third-order valence-electron chi connectivity index (χ3n) is 5.55. The second kappa shape index (κ2) is 8.16. The topological polar surface area (TPSA) is 78.0 Å². The average Bonchev–Trinajstić information content (AvgIpc) is 3.15. The normalized spacial score (nSPS) is 20.6. The first-order valence-corrected chi connectivity index (χ1v) is 11.2. The molecule has 0 bridgehead atoms. The number of hydrogen-bond acceptors (Lipinski definition) is 4. The summed E-state index contributed by atoms with van der Waals surface area (Å²) in [5.74, 6) is -1.49. The smallest absolute Gasteiger partial charge is 0.246 e. The van der Waals surface area contributed by atoms with Crippen molar-refractivity contribution in [1.29, 1.82) is 0 Å². The molecule has 2 aromatic carbocycles. The molecular formula is C21H22FN3O4S. The first-order chi connectivity index (χ1) is 14.4. The molecule has 158 valence electrons. The summed E-state index contributed by atoms with van der Waals surface area (Å²) in [6.45, 7) is 0.914. The van der Waals surface area contributed by atoms with Gasteiger partial charge in [0.1, 0.15) is 10.7 Å². The van der Waals surface area contributed by atoms with Gasteiger partial charge in [0.15, 0.2) is 0 Å². The number of amides is 2. The first kappa shape index (κ1) is 20.5. The van der Waals surface area contributed by atoms with Gasteiger partial charge in [-0.05, 0) is 24.3 Å². The Morgan fingerprint density at radius 2 is 1.57 bits per heavy atom. The number of carbonyl (C=O) groups excluding carboxylic acids is 2. The van der Waals surface area contributed by atoms with E-state index in [1.54, 1.807) is 9.80 Å². The van der Waals surface area contributed by atoms with Gasteiger partial charge in [0, 0.05) is 44.8 Å². The number of nitrogens with zero attached hydrogens (tertiary/aromatic N) is 3. The lowest BCUT2D eigenvalue weighted by molar-refractivity contribution is -0.136. The Morgan fingerprint density at radius 3 is 2.23 bits per heavy atom. The van der Waals surface area contributed by atoms with Gasteiger partial charge >= 0.3 is 0 Å². The highest BCUT2D eigenvalue weighted by atomic mass is 32.2. The van der Waals surface area contributed by atoms with Crippen LogP contribution < -0.4 is 4.90 Å². The molecule has 1 unspecified atom stereocenters. The van der Waals surface area contributed by atoms with E-state index in [0.717, 1.165) is 11.8 Å². The van der Waals surface area contributed by atoms with E-state index in [0.29, 0.717) is 6.54 Å². The van der Waals surface area contributed by atoms with Crippen molar-refractivity contribution in [3.63, 3.8) is 0 Å². The largest absolute Gasteiger partial charge is 0.340 e. The second-order valence-corrected chi connectivity index (χ2v) is 9.31. The zero-order valence-electron chi connectivity index (χ0n) is 16.3. The van der Waals surface area contributed by atoms with Crippen molar-refractivity contribution in [2.24, 2.45) is 5.92 Å². The van der Waals surface area contributed by atoms with Gasteiger partial charge in [-0.15, -0.1) is 0 Å². The highest BCUT2D eigenvalue weighted by molar-refractivity contribution is 7.89. The van der Waals surface area contributed by atoms with Gasteiger partial charge in [0.25, 0.3) is 0 Å². The van der Waals surface area contributed by atoms with Crippen LogP contribution in [0.2, 0.25) is 0 Å². The summed E-state index contributed by atoms with van der Waals surface area (Å²) in [7, 11) is -3.96. The maximum Gasteiger partial charge on any atom is 0.246 e. The summed E-state index contributed by atoms with van der Waals surface area (Å²) in [5.41, 5.74) is 0.763. The zero-order valence-corrected chi connectivity index (χ0v) is 17.1. The fraction of sp³-hybridized carbons (Fsp3) is 0.333. The molecule has 0 spiro atoms. The van der Waals surface area contributed by atoms with Gasteiger partial charge in [-0.1, -0.05) is 30.3 Å². The predicted molar refractivity (Wildman–Crippen MR) is 109 cm³/mol. The van der Waals surface area contributed by atoms with Crippen molar-refractivity contribution in [3.8, 4) is 0 Å². The van der Waals surface area contributed by atoms with Crippen LogP contribution in [0.4, 0.5) is 10.1 Å². The highest BCUT2D eigenvalue weighted by Crippen LogP contribution is 2.27. The van der Waals surface area contributed by atoms with Crippen LogP contribution in [0.15, 0.2) is 59.5 Å². The lowest BCUT2D eigenvalue weighted by Crippen LogP contribution is -2.52. The fourth-order valence-electron chi connectivity index (χ4n) is 3.93. The minimum atomic E-state index is -3.96. The number of benzene rings is 2. The van der Waals surface area contributed by atoms with E-state index in [1.807, 2.05) is 30.3 Å². The van der Waals surface area contributed by atoms with Crippen molar-refractivity contribution in [1.82, 2.24) is 9.21 Å². The quantitative estimate of drug-likeness (QED) is 0.739.